The molecule has 2 aromatic rings. The van der Waals surface area contributed by atoms with Gasteiger partial charge in [0.1, 0.15) is 0 Å². The Hall–Kier alpha value is -2.14. The molecule has 1 heterocycles. The van der Waals surface area contributed by atoms with Gasteiger partial charge in [-0.1, -0.05) is 18.2 Å². The first kappa shape index (κ1) is 14.3. The zero-order chi connectivity index (χ0) is 14.5. The van der Waals surface area contributed by atoms with Crippen LogP contribution >= 0.6 is 0 Å². The van der Waals surface area contributed by atoms with Crippen molar-refractivity contribution in [2.75, 3.05) is 18.9 Å². The van der Waals surface area contributed by atoms with Crippen LogP contribution in [0.5, 0.6) is 0 Å². The van der Waals surface area contributed by atoms with Gasteiger partial charge in [-0.15, -0.1) is 0 Å². The summed E-state index contributed by atoms with van der Waals surface area (Å²) in [5.41, 5.74) is 4.17. The van der Waals surface area contributed by atoms with E-state index in [9.17, 15) is 4.79 Å². The second kappa shape index (κ2) is 6.34. The smallest absolute Gasteiger partial charge is 0.256 e. The van der Waals surface area contributed by atoms with Gasteiger partial charge in [0.15, 0.2) is 0 Å². The van der Waals surface area contributed by atoms with Gasteiger partial charge < -0.3 is 10.6 Å². The van der Waals surface area contributed by atoms with Crippen LogP contribution < -0.4 is 10.6 Å². The third-order valence-electron chi connectivity index (χ3n) is 3.27. The Labute approximate surface area is 118 Å². The van der Waals surface area contributed by atoms with E-state index in [0.717, 1.165) is 35.6 Å². The van der Waals surface area contributed by atoms with Crippen molar-refractivity contribution in [1.82, 2.24) is 15.5 Å². The van der Waals surface area contributed by atoms with Crippen LogP contribution in [0.15, 0.2) is 24.3 Å². The van der Waals surface area contributed by atoms with Gasteiger partial charge in [0.2, 0.25) is 0 Å². The van der Waals surface area contributed by atoms with Crippen LogP contribution in [0.4, 0.5) is 5.69 Å². The third kappa shape index (κ3) is 3.05. The molecule has 1 aromatic carbocycles. The van der Waals surface area contributed by atoms with E-state index >= 15 is 0 Å². The summed E-state index contributed by atoms with van der Waals surface area (Å²) in [6.45, 7) is 4.60. The van der Waals surface area contributed by atoms with Gasteiger partial charge in [-0.3, -0.25) is 9.89 Å². The lowest BCUT2D eigenvalue weighted by atomic mass is 10.0. The van der Waals surface area contributed by atoms with Crippen LogP contribution in [0.1, 0.15) is 27.3 Å². The third-order valence-corrected chi connectivity index (χ3v) is 3.27. The van der Waals surface area contributed by atoms with E-state index in [1.165, 1.54) is 0 Å². The Kier molecular flexibility index (Phi) is 4.53. The molecule has 0 fully saturated rings. The number of rotatable bonds is 5. The number of aromatic amines is 1. The highest BCUT2D eigenvalue weighted by Crippen LogP contribution is 2.18. The molecule has 0 saturated carbocycles. The number of amides is 1. The lowest BCUT2D eigenvalue weighted by Gasteiger charge is -2.10. The van der Waals surface area contributed by atoms with E-state index < -0.39 is 0 Å². The maximum Gasteiger partial charge on any atom is 0.256 e. The number of aryl methyl sites for hydroxylation is 2. The average molecular weight is 272 g/mol. The summed E-state index contributed by atoms with van der Waals surface area (Å²) in [4.78, 5) is 12.4. The Morgan fingerprint density at radius 3 is 2.70 bits per heavy atom. The average Bonchev–Trinajstić information content (AvgIpc) is 2.77. The molecule has 5 heteroatoms. The van der Waals surface area contributed by atoms with Crippen LogP contribution in [0, 0.1) is 13.8 Å². The van der Waals surface area contributed by atoms with E-state index in [4.69, 9.17) is 0 Å². The van der Waals surface area contributed by atoms with E-state index in [1.807, 2.05) is 45.2 Å². The number of anilines is 1. The molecule has 106 valence electrons. The number of H-pyrrole nitrogens is 1. The normalized spacial score (nSPS) is 10.6. The molecule has 0 atom stereocenters. The van der Waals surface area contributed by atoms with E-state index in [0.29, 0.717) is 5.56 Å². The van der Waals surface area contributed by atoms with Gasteiger partial charge in [0.25, 0.3) is 5.91 Å². The molecule has 0 unspecified atom stereocenters. The summed E-state index contributed by atoms with van der Waals surface area (Å²) in [5, 5.41) is 13.0. The fraction of sp³-hybridized carbons (Fsp3) is 0.333. The first-order valence-corrected chi connectivity index (χ1v) is 6.69. The SMILES string of the molecule is CNCCc1ccccc1C(=O)Nc1c(C)n[nH]c1C. The molecule has 5 nitrogen and oxygen atoms in total. The number of likely N-dealkylation sites (N-methyl/N-ethyl adjacent to an activating group) is 1. The quantitative estimate of drug-likeness (QED) is 0.780. The molecule has 1 aromatic heterocycles. The molecular weight excluding hydrogens is 252 g/mol. The van der Waals surface area contributed by atoms with Gasteiger partial charge in [0, 0.05) is 5.56 Å². The van der Waals surface area contributed by atoms with Gasteiger partial charge in [-0.2, -0.15) is 5.10 Å². The Balaban J connectivity index is 2.21. The summed E-state index contributed by atoms with van der Waals surface area (Å²) in [7, 11) is 1.90. The first-order valence-electron chi connectivity index (χ1n) is 6.69. The molecule has 0 bridgehead atoms. The maximum atomic E-state index is 12.4. The van der Waals surface area contributed by atoms with E-state index in [2.05, 4.69) is 20.8 Å². The van der Waals surface area contributed by atoms with Gasteiger partial charge in [-0.05, 0) is 45.5 Å². The van der Waals surface area contributed by atoms with Gasteiger partial charge in [-0.25, -0.2) is 0 Å². The van der Waals surface area contributed by atoms with Crippen LogP contribution in [-0.2, 0) is 6.42 Å². The van der Waals surface area contributed by atoms with Crippen LogP contribution in [0.3, 0.4) is 0 Å². The van der Waals surface area contributed by atoms with Gasteiger partial charge in [0.05, 0.1) is 17.1 Å². The number of hydrogen-bond acceptors (Lipinski definition) is 3. The minimum absolute atomic E-state index is 0.0932. The Bertz CT molecular complexity index is 584. The molecule has 2 rings (SSSR count). The molecule has 0 aliphatic rings. The molecule has 1 amide bonds. The number of nitrogens with zero attached hydrogens (tertiary/aromatic N) is 1. The topological polar surface area (TPSA) is 69.8 Å². The number of aromatic nitrogens is 2. The van der Waals surface area contributed by atoms with Crippen LogP contribution in [0.25, 0.3) is 0 Å². The summed E-state index contributed by atoms with van der Waals surface area (Å²) in [6.07, 6.45) is 0.823. The highest BCUT2D eigenvalue weighted by atomic mass is 16.1. The number of hydrogen-bond donors (Lipinski definition) is 3. The molecule has 0 spiro atoms. The lowest BCUT2D eigenvalue weighted by molar-refractivity contribution is 0.102. The zero-order valence-corrected chi connectivity index (χ0v) is 12.1. The lowest BCUT2D eigenvalue weighted by Crippen LogP contribution is -2.17. The molecule has 0 aliphatic heterocycles. The van der Waals surface area contributed by atoms with Crippen molar-refractivity contribution < 1.29 is 4.79 Å². The highest BCUT2D eigenvalue weighted by molar-refractivity contribution is 6.05. The largest absolute Gasteiger partial charge is 0.319 e. The maximum absolute atomic E-state index is 12.4. The fourth-order valence-corrected chi connectivity index (χ4v) is 2.14. The second-order valence-corrected chi connectivity index (χ2v) is 4.77. The molecular formula is C15H20N4O. The van der Waals surface area contributed by atoms with E-state index in [-0.39, 0.29) is 5.91 Å². The first-order chi connectivity index (χ1) is 9.63. The van der Waals surface area contributed by atoms with Crippen LogP contribution in [-0.4, -0.2) is 29.7 Å². The molecule has 20 heavy (non-hydrogen) atoms. The van der Waals surface area contributed by atoms with Crippen molar-refractivity contribution in [3.8, 4) is 0 Å². The molecule has 0 aliphatic carbocycles. The summed E-state index contributed by atoms with van der Waals surface area (Å²) in [5.74, 6) is -0.0932. The predicted octanol–water partition coefficient (Wildman–Crippen LogP) is 2.04. The van der Waals surface area contributed by atoms with E-state index in [1.54, 1.807) is 0 Å². The summed E-state index contributed by atoms with van der Waals surface area (Å²) >= 11 is 0. The summed E-state index contributed by atoms with van der Waals surface area (Å²) in [6, 6.07) is 7.68. The monoisotopic (exact) mass is 272 g/mol. The minimum atomic E-state index is -0.0932. The van der Waals surface area contributed by atoms with Crippen LogP contribution in [0.2, 0.25) is 0 Å². The number of benzene rings is 1. The number of carbonyl (C=O) groups is 1. The van der Waals surface area contributed by atoms with Crippen molar-refractivity contribution in [2.45, 2.75) is 20.3 Å². The Morgan fingerprint density at radius 1 is 1.30 bits per heavy atom. The summed E-state index contributed by atoms with van der Waals surface area (Å²) < 4.78 is 0. The standard InChI is InChI=1S/C15H20N4O/c1-10-14(11(2)19-18-10)17-15(20)13-7-5-4-6-12(13)8-9-16-3/h4-7,16H,8-9H2,1-3H3,(H,17,20)(H,18,19). The van der Waals surface area contributed by atoms with Crippen molar-refractivity contribution >= 4 is 11.6 Å². The second-order valence-electron chi connectivity index (χ2n) is 4.77. The predicted molar refractivity (Wildman–Crippen MR) is 80.1 cm³/mol. The van der Waals surface area contributed by atoms with Gasteiger partial charge >= 0.3 is 0 Å². The highest BCUT2D eigenvalue weighted by Gasteiger charge is 2.14. The minimum Gasteiger partial charge on any atom is -0.319 e. The molecule has 3 N–H and O–H groups in total. The number of carbonyl (C=O) groups excluding carboxylic acids is 1. The van der Waals surface area contributed by atoms with Crippen molar-refractivity contribution in [1.29, 1.82) is 0 Å². The fourth-order valence-electron chi connectivity index (χ4n) is 2.14. The van der Waals surface area contributed by atoms with Crippen molar-refractivity contribution in [3.63, 3.8) is 0 Å². The Morgan fingerprint density at radius 2 is 2.05 bits per heavy atom. The van der Waals surface area contributed by atoms with Crippen molar-refractivity contribution in [3.05, 3.63) is 46.8 Å². The zero-order valence-electron chi connectivity index (χ0n) is 12.1. The van der Waals surface area contributed by atoms with Crippen molar-refractivity contribution in [2.24, 2.45) is 0 Å². The molecule has 0 radical (unpaired) electrons. The molecule has 0 saturated heterocycles. The number of nitrogens with one attached hydrogen (secondary N) is 3.